The summed E-state index contributed by atoms with van der Waals surface area (Å²) < 4.78 is 5.30. The molecule has 1 aromatic carbocycles. The van der Waals surface area contributed by atoms with Gasteiger partial charge in [-0.1, -0.05) is 13.0 Å². The van der Waals surface area contributed by atoms with Gasteiger partial charge in [0, 0.05) is 13.5 Å². The van der Waals surface area contributed by atoms with E-state index in [4.69, 9.17) is 4.74 Å². The zero-order valence-corrected chi connectivity index (χ0v) is 11.3. The topological polar surface area (TPSA) is 38.3 Å². The Labute approximate surface area is 109 Å². The molecule has 0 aliphatic heterocycles. The molecule has 3 nitrogen and oxygen atoms in total. The summed E-state index contributed by atoms with van der Waals surface area (Å²) in [5.74, 6) is 1.96. The van der Waals surface area contributed by atoms with Gasteiger partial charge in [-0.3, -0.25) is 4.79 Å². The number of aryl methyl sites for hydroxylation is 1. The first-order valence-electron chi connectivity index (χ1n) is 6.53. The zero-order valence-electron chi connectivity index (χ0n) is 11.3. The van der Waals surface area contributed by atoms with Crippen molar-refractivity contribution in [1.29, 1.82) is 0 Å². The minimum Gasteiger partial charge on any atom is -0.497 e. The van der Waals surface area contributed by atoms with Gasteiger partial charge in [0.2, 0.25) is 5.91 Å². The number of rotatable bonds is 4. The first-order chi connectivity index (χ1) is 8.61. The van der Waals surface area contributed by atoms with E-state index in [1.165, 1.54) is 17.5 Å². The van der Waals surface area contributed by atoms with Gasteiger partial charge >= 0.3 is 0 Å². The number of ether oxygens (including phenoxy) is 1. The molecule has 98 valence electrons. The van der Waals surface area contributed by atoms with E-state index in [1.54, 1.807) is 14.0 Å². The third kappa shape index (κ3) is 2.66. The van der Waals surface area contributed by atoms with Gasteiger partial charge in [0.1, 0.15) is 5.75 Å². The molecule has 1 aliphatic carbocycles. The molecule has 0 aromatic heterocycles. The molecule has 18 heavy (non-hydrogen) atoms. The van der Waals surface area contributed by atoms with Crippen LogP contribution >= 0.6 is 0 Å². The molecule has 0 radical (unpaired) electrons. The Morgan fingerprint density at radius 3 is 3.00 bits per heavy atom. The molecule has 0 fully saturated rings. The average Bonchev–Trinajstić information content (AvgIpc) is 2.78. The van der Waals surface area contributed by atoms with Gasteiger partial charge in [-0.2, -0.15) is 0 Å². The first-order valence-corrected chi connectivity index (χ1v) is 6.53. The molecule has 1 N–H and O–H groups in total. The maximum atomic E-state index is 11.0. The molecule has 1 aliphatic rings. The second-order valence-corrected chi connectivity index (χ2v) is 5.12. The summed E-state index contributed by atoms with van der Waals surface area (Å²) in [5.41, 5.74) is 2.82. The molecule has 0 bridgehead atoms. The lowest BCUT2D eigenvalue weighted by Crippen LogP contribution is -2.28. The molecular weight excluding hydrogens is 226 g/mol. The van der Waals surface area contributed by atoms with Crippen LogP contribution in [0.3, 0.4) is 0 Å². The molecule has 0 heterocycles. The predicted molar refractivity (Wildman–Crippen MR) is 71.9 cm³/mol. The maximum absolute atomic E-state index is 11.0. The third-order valence-corrected chi connectivity index (χ3v) is 3.84. The molecule has 0 saturated heterocycles. The summed E-state index contributed by atoms with van der Waals surface area (Å²) in [5, 5.41) is 2.91. The minimum absolute atomic E-state index is 0.0470. The minimum atomic E-state index is 0.0470. The van der Waals surface area contributed by atoms with Gasteiger partial charge in [-0.25, -0.2) is 0 Å². The number of benzene rings is 1. The van der Waals surface area contributed by atoms with Gasteiger partial charge in [0.25, 0.3) is 0 Å². The lowest BCUT2D eigenvalue weighted by molar-refractivity contribution is -0.119. The van der Waals surface area contributed by atoms with E-state index in [2.05, 4.69) is 24.4 Å². The molecule has 0 saturated carbocycles. The van der Waals surface area contributed by atoms with Gasteiger partial charge in [0.05, 0.1) is 7.11 Å². The lowest BCUT2D eigenvalue weighted by Gasteiger charge is -2.20. The Morgan fingerprint density at radius 1 is 1.56 bits per heavy atom. The maximum Gasteiger partial charge on any atom is 0.216 e. The van der Waals surface area contributed by atoms with E-state index >= 15 is 0 Å². The summed E-state index contributed by atoms with van der Waals surface area (Å²) in [6.07, 6.45) is 2.30. The van der Waals surface area contributed by atoms with E-state index in [0.29, 0.717) is 11.8 Å². The Hall–Kier alpha value is -1.51. The predicted octanol–water partition coefficient (Wildman–Crippen LogP) is 2.50. The summed E-state index contributed by atoms with van der Waals surface area (Å²) in [4.78, 5) is 11.0. The van der Waals surface area contributed by atoms with Crippen LogP contribution in [0.15, 0.2) is 18.2 Å². The summed E-state index contributed by atoms with van der Waals surface area (Å²) >= 11 is 0. The fourth-order valence-electron chi connectivity index (χ4n) is 2.78. The van der Waals surface area contributed by atoms with Crippen LogP contribution in [-0.2, 0) is 11.2 Å². The number of hydrogen-bond acceptors (Lipinski definition) is 2. The molecule has 0 unspecified atom stereocenters. The second-order valence-electron chi connectivity index (χ2n) is 5.12. The van der Waals surface area contributed by atoms with Gasteiger partial charge in [-0.05, 0) is 47.9 Å². The van der Waals surface area contributed by atoms with Crippen LogP contribution in [0.25, 0.3) is 0 Å². The SMILES string of the molecule is COc1ccc2c(c1)[C@H]([C@@H](C)CNC(C)=O)CC2. The lowest BCUT2D eigenvalue weighted by atomic mass is 9.88. The van der Waals surface area contributed by atoms with Crippen LogP contribution in [0, 0.1) is 5.92 Å². The van der Waals surface area contributed by atoms with Crippen molar-refractivity contribution in [3.63, 3.8) is 0 Å². The van der Waals surface area contributed by atoms with Gasteiger partial charge in [-0.15, -0.1) is 0 Å². The normalized spacial score (nSPS) is 19.2. The fourth-order valence-corrected chi connectivity index (χ4v) is 2.78. The summed E-state index contributed by atoms with van der Waals surface area (Å²) in [6, 6.07) is 6.34. The van der Waals surface area contributed by atoms with Crippen LogP contribution < -0.4 is 10.1 Å². The van der Waals surface area contributed by atoms with Crippen molar-refractivity contribution in [3.05, 3.63) is 29.3 Å². The highest BCUT2D eigenvalue weighted by Gasteiger charge is 2.27. The van der Waals surface area contributed by atoms with Crippen LogP contribution in [-0.4, -0.2) is 19.6 Å². The Kier molecular flexibility index (Phi) is 3.90. The molecule has 3 heteroatoms. The standard InChI is InChI=1S/C15H21NO2/c1-10(9-16-11(2)17)14-7-5-12-4-6-13(18-3)8-15(12)14/h4,6,8,10,14H,5,7,9H2,1-3H3,(H,16,17)/t10-,14-/m0/s1. The van der Waals surface area contributed by atoms with E-state index < -0.39 is 0 Å². The quantitative estimate of drug-likeness (QED) is 0.887. The smallest absolute Gasteiger partial charge is 0.216 e. The van der Waals surface area contributed by atoms with Crippen LogP contribution in [0.5, 0.6) is 5.75 Å². The van der Waals surface area contributed by atoms with Crippen molar-refractivity contribution >= 4 is 5.91 Å². The highest BCUT2D eigenvalue weighted by atomic mass is 16.5. The van der Waals surface area contributed by atoms with Crippen molar-refractivity contribution in [2.45, 2.75) is 32.6 Å². The largest absolute Gasteiger partial charge is 0.497 e. The van der Waals surface area contributed by atoms with Crippen LogP contribution in [0.2, 0.25) is 0 Å². The molecule has 1 aromatic rings. The van der Waals surface area contributed by atoms with Crippen LogP contribution in [0.1, 0.15) is 37.3 Å². The van der Waals surface area contributed by atoms with Crippen molar-refractivity contribution in [3.8, 4) is 5.75 Å². The van der Waals surface area contributed by atoms with Crippen molar-refractivity contribution < 1.29 is 9.53 Å². The zero-order chi connectivity index (χ0) is 13.1. The number of methoxy groups -OCH3 is 1. The van der Waals surface area contributed by atoms with Crippen LogP contribution in [0.4, 0.5) is 0 Å². The monoisotopic (exact) mass is 247 g/mol. The molecule has 2 rings (SSSR count). The number of hydrogen-bond donors (Lipinski definition) is 1. The van der Waals surface area contributed by atoms with Crippen molar-refractivity contribution in [2.75, 3.05) is 13.7 Å². The number of nitrogens with one attached hydrogen (secondary N) is 1. The Balaban J connectivity index is 2.12. The molecule has 1 amide bonds. The third-order valence-electron chi connectivity index (χ3n) is 3.84. The average molecular weight is 247 g/mol. The summed E-state index contributed by atoms with van der Waals surface area (Å²) in [6.45, 7) is 4.52. The highest BCUT2D eigenvalue weighted by molar-refractivity contribution is 5.72. The number of carbonyl (C=O) groups is 1. The van der Waals surface area contributed by atoms with Gasteiger partial charge in [0.15, 0.2) is 0 Å². The second kappa shape index (κ2) is 5.42. The summed E-state index contributed by atoms with van der Waals surface area (Å²) in [7, 11) is 1.70. The number of carbonyl (C=O) groups excluding carboxylic acids is 1. The van der Waals surface area contributed by atoms with E-state index in [0.717, 1.165) is 18.7 Å². The number of fused-ring (bicyclic) bond motifs is 1. The molecule has 2 atom stereocenters. The van der Waals surface area contributed by atoms with Crippen molar-refractivity contribution in [1.82, 2.24) is 5.32 Å². The fraction of sp³-hybridized carbons (Fsp3) is 0.533. The van der Waals surface area contributed by atoms with E-state index in [9.17, 15) is 4.79 Å². The van der Waals surface area contributed by atoms with Gasteiger partial charge < -0.3 is 10.1 Å². The highest BCUT2D eigenvalue weighted by Crippen LogP contribution is 2.39. The first kappa shape index (κ1) is 12.9. The Morgan fingerprint density at radius 2 is 2.33 bits per heavy atom. The molecular formula is C15H21NO2. The Bertz CT molecular complexity index is 442. The van der Waals surface area contributed by atoms with E-state index in [-0.39, 0.29) is 5.91 Å². The van der Waals surface area contributed by atoms with Crippen molar-refractivity contribution in [2.24, 2.45) is 5.92 Å². The number of amides is 1. The molecule has 0 spiro atoms. The van der Waals surface area contributed by atoms with E-state index in [1.807, 2.05) is 6.07 Å².